The lowest BCUT2D eigenvalue weighted by Gasteiger charge is -2.52. The number of H-pyrrole nitrogens is 1. The number of nitrogens with zero attached hydrogens (tertiary/aromatic N) is 1. The SMILES string of the molecule is C=CC[C@]1(O)C2O[Si](C(C)C)(C(C)C)O[Si](C(C)C)(C(C)C)OC[C@H]2O[C@H]1n1ccc(=O)[nH]c1=O. The van der Waals surface area contributed by atoms with Crippen LogP contribution >= 0.6 is 0 Å². The third kappa shape index (κ3) is 4.72. The van der Waals surface area contributed by atoms with Crippen LogP contribution < -0.4 is 11.2 Å². The minimum absolute atomic E-state index is 0.0667. The van der Waals surface area contributed by atoms with Crippen molar-refractivity contribution in [2.45, 2.75) is 108 Å². The Morgan fingerprint density at radius 2 is 1.69 bits per heavy atom. The Morgan fingerprint density at radius 1 is 1.11 bits per heavy atom. The molecule has 1 unspecified atom stereocenters. The molecule has 3 rings (SSSR count). The van der Waals surface area contributed by atoms with Crippen LogP contribution in [-0.2, 0) is 17.7 Å². The molecule has 1 aromatic rings. The summed E-state index contributed by atoms with van der Waals surface area (Å²) in [6.45, 7) is 21.0. The second-order valence-electron chi connectivity index (χ2n) is 11.0. The molecule has 198 valence electrons. The van der Waals surface area contributed by atoms with Crippen LogP contribution in [0.1, 0.15) is 68.0 Å². The predicted octanol–water partition coefficient (Wildman–Crippen LogP) is 3.70. The molecule has 0 aromatic carbocycles. The van der Waals surface area contributed by atoms with Gasteiger partial charge >= 0.3 is 22.8 Å². The van der Waals surface area contributed by atoms with Crippen LogP contribution in [0, 0.1) is 0 Å². The van der Waals surface area contributed by atoms with Crippen molar-refractivity contribution in [2.24, 2.45) is 0 Å². The maximum Gasteiger partial charge on any atom is 0.335 e. The van der Waals surface area contributed by atoms with Crippen molar-refractivity contribution in [1.82, 2.24) is 9.55 Å². The molecule has 4 atom stereocenters. The zero-order valence-corrected chi connectivity index (χ0v) is 24.2. The zero-order chi connectivity index (χ0) is 26.3. The Hall–Kier alpha value is -1.35. The van der Waals surface area contributed by atoms with E-state index in [-0.39, 0.29) is 35.2 Å². The van der Waals surface area contributed by atoms with Gasteiger partial charge in [0.05, 0.1) is 6.61 Å². The number of ether oxygens (including phenoxy) is 1. The van der Waals surface area contributed by atoms with E-state index in [1.807, 2.05) is 0 Å². The number of hydrogen-bond acceptors (Lipinski definition) is 7. The van der Waals surface area contributed by atoms with Crippen molar-refractivity contribution in [3.05, 3.63) is 45.8 Å². The summed E-state index contributed by atoms with van der Waals surface area (Å²) in [6, 6.07) is 1.23. The molecule has 0 saturated carbocycles. The Kier molecular flexibility index (Phi) is 8.22. The van der Waals surface area contributed by atoms with E-state index >= 15 is 0 Å². The fourth-order valence-corrected chi connectivity index (χ4v) is 16.9. The Labute approximate surface area is 210 Å². The van der Waals surface area contributed by atoms with E-state index in [0.717, 1.165) is 0 Å². The van der Waals surface area contributed by atoms with Gasteiger partial charge in [0.15, 0.2) is 6.23 Å². The molecule has 0 aliphatic carbocycles. The Bertz CT molecular complexity index is 1010. The van der Waals surface area contributed by atoms with E-state index < -0.39 is 52.4 Å². The van der Waals surface area contributed by atoms with E-state index in [1.54, 1.807) is 6.08 Å². The number of hydrogen-bond donors (Lipinski definition) is 2. The molecule has 2 N–H and O–H groups in total. The van der Waals surface area contributed by atoms with Crippen molar-refractivity contribution in [2.75, 3.05) is 6.61 Å². The number of fused-ring (bicyclic) bond motifs is 1. The molecule has 2 aliphatic heterocycles. The molecule has 2 aliphatic rings. The van der Waals surface area contributed by atoms with Crippen LogP contribution in [0.5, 0.6) is 0 Å². The van der Waals surface area contributed by atoms with E-state index in [2.05, 4.69) is 67.0 Å². The quantitative estimate of drug-likeness (QED) is 0.411. The highest BCUT2D eigenvalue weighted by Crippen LogP contribution is 2.51. The van der Waals surface area contributed by atoms with Gasteiger partial charge in [-0.15, -0.1) is 6.58 Å². The van der Waals surface area contributed by atoms with Crippen LogP contribution in [0.15, 0.2) is 34.5 Å². The van der Waals surface area contributed by atoms with Crippen molar-refractivity contribution >= 4 is 17.1 Å². The van der Waals surface area contributed by atoms with Crippen LogP contribution in [-0.4, -0.2) is 56.2 Å². The Balaban J connectivity index is 2.21. The normalized spacial score (nSPS) is 30.5. The molecule has 9 nitrogen and oxygen atoms in total. The average Bonchev–Trinajstić information content (AvgIpc) is 2.98. The number of rotatable bonds is 7. The lowest BCUT2D eigenvalue weighted by molar-refractivity contribution is -0.107. The van der Waals surface area contributed by atoms with Crippen LogP contribution in [0.4, 0.5) is 0 Å². The number of nitrogens with one attached hydrogen (secondary N) is 1. The third-order valence-corrected chi connectivity index (χ3v) is 17.7. The predicted molar refractivity (Wildman–Crippen MR) is 139 cm³/mol. The van der Waals surface area contributed by atoms with Crippen molar-refractivity contribution in [1.29, 1.82) is 0 Å². The molecule has 35 heavy (non-hydrogen) atoms. The van der Waals surface area contributed by atoms with E-state index in [9.17, 15) is 14.7 Å². The molecule has 11 heteroatoms. The van der Waals surface area contributed by atoms with Crippen molar-refractivity contribution in [3.8, 4) is 0 Å². The zero-order valence-electron chi connectivity index (χ0n) is 22.2. The molecule has 0 spiro atoms. The monoisotopic (exact) mass is 526 g/mol. The minimum atomic E-state index is -3.02. The first-order valence-corrected chi connectivity index (χ1v) is 16.5. The van der Waals surface area contributed by atoms with Crippen molar-refractivity contribution in [3.63, 3.8) is 0 Å². The lowest BCUT2D eigenvalue weighted by atomic mass is 9.90. The van der Waals surface area contributed by atoms with Gasteiger partial charge < -0.3 is 22.8 Å². The molecule has 3 heterocycles. The molecule has 0 amide bonds. The summed E-state index contributed by atoms with van der Waals surface area (Å²) in [6.07, 6.45) is 0.499. The molecular weight excluding hydrogens is 484 g/mol. The lowest BCUT2D eigenvalue weighted by Crippen LogP contribution is -2.67. The number of aromatic nitrogens is 2. The third-order valence-electron chi connectivity index (χ3n) is 7.46. The van der Waals surface area contributed by atoms with Crippen LogP contribution in [0.2, 0.25) is 22.2 Å². The minimum Gasteiger partial charge on any atom is -0.414 e. The highest BCUT2D eigenvalue weighted by atomic mass is 28.5. The van der Waals surface area contributed by atoms with E-state index in [1.165, 1.54) is 16.8 Å². The standard InChI is InChI=1S/C24H42N2O7Si2/c1-10-12-24(29)21-19(31-22(24)26-13-11-20(27)25-23(26)28)14-30-34(15(2)3,16(4)5)33-35(32-21,17(6)7)18(8)9/h10-11,13,15-19,21-22,29H,1,12,14H2,2-9H3,(H,25,27,28)/t19-,21?,22-,24+/m1/s1. The molecular formula is C24H42N2O7Si2. The molecule has 0 bridgehead atoms. The summed E-state index contributed by atoms with van der Waals surface area (Å²) in [7, 11) is -5.81. The van der Waals surface area contributed by atoms with Crippen LogP contribution in [0.3, 0.4) is 0 Å². The first-order chi connectivity index (χ1) is 16.2. The number of aromatic amines is 1. The summed E-state index contributed by atoms with van der Waals surface area (Å²) in [5, 5.41) is 12.1. The van der Waals surface area contributed by atoms with Gasteiger partial charge in [-0.2, -0.15) is 0 Å². The van der Waals surface area contributed by atoms with Crippen LogP contribution in [0.25, 0.3) is 0 Å². The highest BCUT2D eigenvalue weighted by molar-refractivity contribution is 6.84. The van der Waals surface area contributed by atoms with E-state index in [0.29, 0.717) is 0 Å². The van der Waals surface area contributed by atoms with Gasteiger partial charge in [0.1, 0.15) is 17.8 Å². The summed E-state index contributed by atoms with van der Waals surface area (Å²) >= 11 is 0. The molecule has 2 saturated heterocycles. The van der Waals surface area contributed by atoms with Gasteiger partial charge in [-0.25, -0.2) is 4.79 Å². The Morgan fingerprint density at radius 3 is 2.17 bits per heavy atom. The summed E-state index contributed by atoms with van der Waals surface area (Å²) in [5.41, 5.74) is -2.35. The summed E-state index contributed by atoms with van der Waals surface area (Å²) in [4.78, 5) is 26.6. The van der Waals surface area contributed by atoms with Gasteiger partial charge in [0.2, 0.25) is 0 Å². The van der Waals surface area contributed by atoms with Gasteiger partial charge in [-0.1, -0.05) is 61.5 Å². The maximum atomic E-state index is 12.7. The van der Waals surface area contributed by atoms with Gasteiger partial charge in [-0.3, -0.25) is 14.3 Å². The summed E-state index contributed by atoms with van der Waals surface area (Å²) < 4.78 is 28.5. The van der Waals surface area contributed by atoms with Gasteiger partial charge in [0, 0.05) is 18.7 Å². The van der Waals surface area contributed by atoms with Gasteiger partial charge in [0.25, 0.3) is 5.56 Å². The molecule has 1 aromatic heterocycles. The molecule has 0 radical (unpaired) electrons. The highest BCUT2D eigenvalue weighted by Gasteiger charge is 2.65. The first-order valence-electron chi connectivity index (χ1n) is 12.6. The fraction of sp³-hybridized carbons (Fsp3) is 0.750. The average molecular weight is 527 g/mol. The first kappa shape index (κ1) is 28.2. The maximum absolute atomic E-state index is 12.7. The number of aliphatic hydroxyl groups is 1. The largest absolute Gasteiger partial charge is 0.414 e. The summed E-state index contributed by atoms with van der Waals surface area (Å²) in [5.74, 6) is 0. The second-order valence-corrected chi connectivity index (χ2v) is 19.9. The van der Waals surface area contributed by atoms with Crippen molar-refractivity contribution < 1.29 is 22.8 Å². The molecule has 2 fully saturated rings. The second kappa shape index (κ2) is 10.2. The van der Waals surface area contributed by atoms with E-state index in [4.69, 9.17) is 17.7 Å². The smallest absolute Gasteiger partial charge is 0.335 e. The topological polar surface area (TPSA) is 112 Å². The van der Waals surface area contributed by atoms with Gasteiger partial charge in [-0.05, 0) is 22.2 Å². The fourth-order valence-electron chi connectivity index (χ4n) is 5.61.